The minimum atomic E-state index is -0.775. The Morgan fingerprint density at radius 3 is 3.15 bits per heavy atom. The molecule has 0 amide bonds. The third kappa shape index (κ3) is 2.70. The molecule has 0 bridgehead atoms. The van der Waals surface area contributed by atoms with Crippen LogP contribution in [0.1, 0.15) is 6.42 Å². The molecule has 2 heterocycles. The van der Waals surface area contributed by atoms with Crippen molar-refractivity contribution in [3.05, 3.63) is 30.5 Å². The summed E-state index contributed by atoms with van der Waals surface area (Å²) in [5.74, 6) is 1.65. The van der Waals surface area contributed by atoms with Gasteiger partial charge in [0.05, 0.1) is 18.0 Å². The van der Waals surface area contributed by atoms with E-state index in [4.69, 9.17) is 5.11 Å². The van der Waals surface area contributed by atoms with Crippen molar-refractivity contribution in [2.45, 2.75) is 12.5 Å². The predicted molar refractivity (Wildman–Crippen MR) is 80.2 cm³/mol. The molecule has 6 heteroatoms. The monoisotopic (exact) mass is 289 g/mol. The van der Waals surface area contributed by atoms with Crippen molar-refractivity contribution in [3.8, 4) is 0 Å². The number of hydrogen-bond donors (Lipinski definition) is 1. The summed E-state index contributed by atoms with van der Waals surface area (Å²) in [6.45, 7) is 0.793. The summed E-state index contributed by atoms with van der Waals surface area (Å²) in [5, 5.41) is 10.0. The minimum Gasteiger partial charge on any atom is -0.481 e. The molecule has 0 spiro atoms. The number of carboxylic acids is 1. The van der Waals surface area contributed by atoms with Crippen LogP contribution in [0, 0.1) is 0 Å². The second-order valence-corrected chi connectivity index (χ2v) is 5.90. The van der Waals surface area contributed by atoms with Crippen molar-refractivity contribution in [1.29, 1.82) is 0 Å². The molecule has 5 nitrogen and oxygen atoms in total. The van der Waals surface area contributed by atoms with Gasteiger partial charge in [0.25, 0.3) is 0 Å². The van der Waals surface area contributed by atoms with Crippen LogP contribution in [0.5, 0.6) is 0 Å². The van der Waals surface area contributed by atoms with Crippen LogP contribution < -0.4 is 4.90 Å². The summed E-state index contributed by atoms with van der Waals surface area (Å²) in [5.41, 5.74) is 0.893. The second-order valence-electron chi connectivity index (χ2n) is 4.75. The molecule has 104 valence electrons. The van der Waals surface area contributed by atoms with Crippen LogP contribution in [-0.4, -0.2) is 45.1 Å². The number of aromatic nitrogens is 2. The van der Waals surface area contributed by atoms with E-state index in [1.54, 1.807) is 18.0 Å². The van der Waals surface area contributed by atoms with E-state index in [0.717, 1.165) is 29.0 Å². The highest BCUT2D eigenvalue weighted by atomic mass is 32.2. The lowest BCUT2D eigenvalue weighted by atomic mass is 10.2. The summed E-state index contributed by atoms with van der Waals surface area (Å²) < 4.78 is 0. The van der Waals surface area contributed by atoms with Gasteiger partial charge in [-0.25, -0.2) is 9.97 Å². The van der Waals surface area contributed by atoms with Gasteiger partial charge in [0.2, 0.25) is 5.95 Å². The first-order chi connectivity index (χ1) is 9.74. The van der Waals surface area contributed by atoms with Crippen molar-refractivity contribution < 1.29 is 9.90 Å². The van der Waals surface area contributed by atoms with E-state index in [9.17, 15) is 4.79 Å². The summed E-state index contributed by atoms with van der Waals surface area (Å²) in [6, 6.07) is 7.79. The van der Waals surface area contributed by atoms with Crippen LogP contribution in [0.2, 0.25) is 0 Å². The number of hydrogen-bond acceptors (Lipinski definition) is 5. The first-order valence-corrected chi connectivity index (χ1v) is 7.67. The lowest BCUT2D eigenvalue weighted by Gasteiger charge is -2.34. The number of anilines is 1. The molecule has 0 radical (unpaired) electrons. The minimum absolute atomic E-state index is 0.0348. The van der Waals surface area contributed by atoms with Gasteiger partial charge >= 0.3 is 5.97 Å². The molecule has 2 aromatic rings. The number of para-hydroxylation sites is 1. The van der Waals surface area contributed by atoms with Crippen molar-refractivity contribution in [2.75, 3.05) is 23.0 Å². The zero-order chi connectivity index (χ0) is 13.9. The number of nitrogens with zero attached hydrogens (tertiary/aromatic N) is 3. The van der Waals surface area contributed by atoms with E-state index >= 15 is 0 Å². The molecule has 1 atom stereocenters. The molecule has 1 aliphatic rings. The molecule has 1 saturated heterocycles. The van der Waals surface area contributed by atoms with Gasteiger partial charge < -0.3 is 10.0 Å². The van der Waals surface area contributed by atoms with E-state index < -0.39 is 5.97 Å². The van der Waals surface area contributed by atoms with E-state index in [2.05, 4.69) is 9.97 Å². The number of benzene rings is 1. The number of fused-ring (bicyclic) bond motifs is 1. The standard InChI is InChI=1S/C14H15N3O2S/c18-13(19)7-11-9-20-6-5-17(11)14-15-8-10-3-1-2-4-12(10)16-14/h1-4,8,11H,5-7,9H2,(H,18,19). The Kier molecular flexibility index (Phi) is 3.73. The molecule has 1 fully saturated rings. The number of rotatable bonds is 3. The molecule has 1 N–H and O–H groups in total. The van der Waals surface area contributed by atoms with Gasteiger partial charge in [-0.15, -0.1) is 0 Å². The first kappa shape index (κ1) is 13.2. The normalized spacial score (nSPS) is 19.2. The lowest BCUT2D eigenvalue weighted by Crippen LogP contribution is -2.44. The fourth-order valence-electron chi connectivity index (χ4n) is 2.39. The Balaban J connectivity index is 1.92. The molecule has 1 aliphatic heterocycles. The smallest absolute Gasteiger partial charge is 0.305 e. The Morgan fingerprint density at radius 2 is 2.30 bits per heavy atom. The van der Waals surface area contributed by atoms with Crippen molar-refractivity contribution >= 4 is 34.6 Å². The highest BCUT2D eigenvalue weighted by Crippen LogP contribution is 2.24. The Labute approximate surface area is 121 Å². The summed E-state index contributed by atoms with van der Waals surface area (Å²) in [7, 11) is 0. The Bertz CT molecular complexity index is 635. The highest BCUT2D eigenvalue weighted by Gasteiger charge is 2.27. The first-order valence-electron chi connectivity index (χ1n) is 6.52. The zero-order valence-corrected chi connectivity index (χ0v) is 11.7. The number of thioether (sulfide) groups is 1. The molecular formula is C14H15N3O2S. The topological polar surface area (TPSA) is 66.3 Å². The predicted octanol–water partition coefficient (Wildman–Crippen LogP) is 2.03. The van der Waals surface area contributed by atoms with Gasteiger partial charge in [0.1, 0.15) is 0 Å². The quantitative estimate of drug-likeness (QED) is 0.932. The maximum Gasteiger partial charge on any atom is 0.305 e. The summed E-state index contributed by atoms with van der Waals surface area (Å²) >= 11 is 1.79. The van der Waals surface area contributed by atoms with E-state index in [-0.39, 0.29) is 12.5 Å². The van der Waals surface area contributed by atoms with Crippen LogP contribution in [0.15, 0.2) is 30.5 Å². The van der Waals surface area contributed by atoms with Crippen LogP contribution in [0.4, 0.5) is 5.95 Å². The maximum atomic E-state index is 11.0. The van der Waals surface area contributed by atoms with Crippen LogP contribution in [0.25, 0.3) is 10.9 Å². The van der Waals surface area contributed by atoms with Crippen LogP contribution >= 0.6 is 11.8 Å². The van der Waals surface area contributed by atoms with Gasteiger partial charge in [-0.05, 0) is 6.07 Å². The highest BCUT2D eigenvalue weighted by molar-refractivity contribution is 7.99. The summed E-state index contributed by atoms with van der Waals surface area (Å²) in [4.78, 5) is 22.0. The molecule has 1 aromatic heterocycles. The second kappa shape index (κ2) is 5.66. The van der Waals surface area contributed by atoms with Gasteiger partial charge in [0.15, 0.2) is 0 Å². The van der Waals surface area contributed by atoms with Crippen LogP contribution in [-0.2, 0) is 4.79 Å². The number of carbonyl (C=O) groups is 1. The molecule has 1 aromatic carbocycles. The van der Waals surface area contributed by atoms with E-state index in [0.29, 0.717) is 5.95 Å². The van der Waals surface area contributed by atoms with Crippen molar-refractivity contribution in [2.24, 2.45) is 0 Å². The van der Waals surface area contributed by atoms with E-state index in [1.165, 1.54) is 0 Å². The van der Waals surface area contributed by atoms with Crippen LogP contribution in [0.3, 0.4) is 0 Å². The largest absolute Gasteiger partial charge is 0.481 e. The van der Waals surface area contributed by atoms with Gasteiger partial charge in [-0.1, -0.05) is 18.2 Å². The van der Waals surface area contributed by atoms with Crippen molar-refractivity contribution in [3.63, 3.8) is 0 Å². The third-order valence-electron chi connectivity index (χ3n) is 3.37. The SMILES string of the molecule is O=C(O)CC1CSCCN1c1ncc2ccccc2n1. The zero-order valence-electron chi connectivity index (χ0n) is 10.9. The average Bonchev–Trinajstić information content (AvgIpc) is 2.47. The lowest BCUT2D eigenvalue weighted by molar-refractivity contribution is -0.137. The molecule has 1 unspecified atom stereocenters. The third-order valence-corrected chi connectivity index (χ3v) is 4.46. The number of carboxylic acid groups (broad SMARTS) is 1. The maximum absolute atomic E-state index is 11.0. The Hall–Kier alpha value is -1.82. The van der Waals surface area contributed by atoms with E-state index in [1.807, 2.05) is 29.2 Å². The van der Waals surface area contributed by atoms with Gasteiger partial charge in [-0.3, -0.25) is 4.79 Å². The van der Waals surface area contributed by atoms with Gasteiger partial charge in [0, 0.05) is 29.6 Å². The fraction of sp³-hybridized carbons (Fsp3) is 0.357. The number of aliphatic carboxylic acids is 1. The summed E-state index contributed by atoms with van der Waals surface area (Å²) in [6.07, 6.45) is 1.93. The fourth-order valence-corrected chi connectivity index (χ4v) is 3.45. The molecular weight excluding hydrogens is 274 g/mol. The molecule has 20 heavy (non-hydrogen) atoms. The molecule has 0 saturated carbocycles. The molecule has 3 rings (SSSR count). The molecule has 0 aliphatic carbocycles. The average molecular weight is 289 g/mol. The van der Waals surface area contributed by atoms with Crippen molar-refractivity contribution in [1.82, 2.24) is 9.97 Å². The van der Waals surface area contributed by atoms with Gasteiger partial charge in [-0.2, -0.15) is 11.8 Å². The Morgan fingerprint density at radius 1 is 1.45 bits per heavy atom.